The van der Waals surface area contributed by atoms with Crippen molar-refractivity contribution in [2.45, 2.75) is 31.7 Å². The van der Waals surface area contributed by atoms with Crippen LogP contribution in [0.5, 0.6) is 0 Å². The van der Waals surface area contributed by atoms with Crippen molar-refractivity contribution >= 4 is 11.8 Å². The SMILES string of the molecule is CCc1cnc(CNC2CSCc3ccccc32)o1. The van der Waals surface area contributed by atoms with E-state index in [0.717, 1.165) is 29.6 Å². The lowest BCUT2D eigenvalue weighted by molar-refractivity contribution is 0.424. The molecular weight excluding hydrogens is 256 g/mol. The number of hydrogen-bond donors (Lipinski definition) is 1. The number of rotatable bonds is 4. The van der Waals surface area contributed by atoms with Crippen LogP contribution in [0.1, 0.15) is 35.7 Å². The van der Waals surface area contributed by atoms with E-state index >= 15 is 0 Å². The Balaban J connectivity index is 1.68. The van der Waals surface area contributed by atoms with Gasteiger partial charge >= 0.3 is 0 Å². The van der Waals surface area contributed by atoms with Gasteiger partial charge in [0.25, 0.3) is 0 Å². The lowest BCUT2D eigenvalue weighted by atomic mass is 10.0. The zero-order valence-corrected chi connectivity index (χ0v) is 11.9. The predicted octanol–water partition coefficient (Wildman–Crippen LogP) is 3.31. The maximum absolute atomic E-state index is 5.63. The van der Waals surface area contributed by atoms with E-state index in [1.54, 1.807) is 0 Å². The van der Waals surface area contributed by atoms with E-state index in [2.05, 4.69) is 41.5 Å². The molecule has 1 aromatic heterocycles. The molecule has 0 bridgehead atoms. The molecule has 4 heteroatoms. The first kappa shape index (κ1) is 12.8. The van der Waals surface area contributed by atoms with Gasteiger partial charge in [-0.05, 0) is 11.1 Å². The number of aromatic nitrogens is 1. The summed E-state index contributed by atoms with van der Waals surface area (Å²) in [5.74, 6) is 3.96. The number of hydrogen-bond acceptors (Lipinski definition) is 4. The van der Waals surface area contributed by atoms with Gasteiger partial charge < -0.3 is 9.73 Å². The number of thioether (sulfide) groups is 1. The minimum absolute atomic E-state index is 0.395. The minimum Gasteiger partial charge on any atom is -0.444 e. The summed E-state index contributed by atoms with van der Waals surface area (Å²) in [6.45, 7) is 2.77. The second-order valence-corrected chi connectivity index (χ2v) is 5.75. The molecule has 0 amide bonds. The molecular formula is C15H18N2OS. The molecule has 1 aliphatic rings. The molecule has 1 unspecified atom stereocenters. The van der Waals surface area contributed by atoms with Crippen molar-refractivity contribution in [2.24, 2.45) is 0 Å². The summed E-state index contributed by atoms with van der Waals surface area (Å²) >= 11 is 1.98. The van der Waals surface area contributed by atoms with Gasteiger partial charge in [0.05, 0.1) is 12.7 Å². The quantitative estimate of drug-likeness (QED) is 0.928. The summed E-state index contributed by atoms with van der Waals surface area (Å²) in [5.41, 5.74) is 2.86. The van der Waals surface area contributed by atoms with Gasteiger partial charge in [0, 0.05) is 24.0 Å². The van der Waals surface area contributed by atoms with Crippen molar-refractivity contribution in [1.29, 1.82) is 0 Å². The van der Waals surface area contributed by atoms with Crippen LogP contribution in [0.2, 0.25) is 0 Å². The van der Waals surface area contributed by atoms with Crippen molar-refractivity contribution in [3.63, 3.8) is 0 Å². The second-order valence-electron chi connectivity index (χ2n) is 4.72. The van der Waals surface area contributed by atoms with Crippen molar-refractivity contribution in [3.05, 3.63) is 53.2 Å². The van der Waals surface area contributed by atoms with E-state index in [-0.39, 0.29) is 0 Å². The van der Waals surface area contributed by atoms with Crippen LogP contribution >= 0.6 is 11.8 Å². The van der Waals surface area contributed by atoms with Crippen molar-refractivity contribution in [3.8, 4) is 0 Å². The minimum atomic E-state index is 0.395. The third-order valence-corrected chi connectivity index (χ3v) is 4.51. The number of nitrogens with one attached hydrogen (secondary N) is 1. The first-order chi connectivity index (χ1) is 9.36. The fraction of sp³-hybridized carbons (Fsp3) is 0.400. The lowest BCUT2D eigenvalue weighted by Gasteiger charge is -2.25. The number of oxazole rings is 1. The first-order valence-electron chi connectivity index (χ1n) is 6.69. The molecule has 1 aromatic carbocycles. The Kier molecular flexibility index (Phi) is 3.89. The Labute approximate surface area is 117 Å². The van der Waals surface area contributed by atoms with E-state index < -0.39 is 0 Å². The zero-order chi connectivity index (χ0) is 13.1. The summed E-state index contributed by atoms with van der Waals surface area (Å²) in [6.07, 6.45) is 2.72. The van der Waals surface area contributed by atoms with Crippen LogP contribution in [0.3, 0.4) is 0 Å². The molecule has 0 radical (unpaired) electrons. The molecule has 0 spiro atoms. The molecule has 0 saturated heterocycles. The van der Waals surface area contributed by atoms with Gasteiger partial charge in [0.2, 0.25) is 5.89 Å². The molecule has 1 N–H and O–H groups in total. The summed E-state index contributed by atoms with van der Waals surface area (Å²) < 4.78 is 5.63. The largest absolute Gasteiger partial charge is 0.444 e. The van der Waals surface area contributed by atoms with E-state index in [1.165, 1.54) is 11.1 Å². The molecule has 3 nitrogen and oxygen atoms in total. The van der Waals surface area contributed by atoms with Gasteiger partial charge in [-0.3, -0.25) is 0 Å². The first-order valence-corrected chi connectivity index (χ1v) is 7.85. The van der Waals surface area contributed by atoms with Gasteiger partial charge in [-0.1, -0.05) is 31.2 Å². The molecule has 3 rings (SSSR count). The second kappa shape index (κ2) is 5.80. The molecule has 2 heterocycles. The average Bonchev–Trinajstić information content (AvgIpc) is 2.93. The predicted molar refractivity (Wildman–Crippen MR) is 78.1 cm³/mol. The van der Waals surface area contributed by atoms with Gasteiger partial charge in [0.15, 0.2) is 0 Å². The van der Waals surface area contributed by atoms with E-state index in [4.69, 9.17) is 4.42 Å². The van der Waals surface area contributed by atoms with Crippen LogP contribution in [0, 0.1) is 0 Å². The number of nitrogens with zero attached hydrogens (tertiary/aromatic N) is 1. The van der Waals surface area contributed by atoms with Crippen LogP contribution < -0.4 is 5.32 Å². The molecule has 2 aromatic rings. The summed E-state index contributed by atoms with van der Waals surface area (Å²) in [7, 11) is 0. The Morgan fingerprint density at radius 2 is 2.32 bits per heavy atom. The Morgan fingerprint density at radius 3 is 3.16 bits per heavy atom. The lowest BCUT2D eigenvalue weighted by Crippen LogP contribution is -2.26. The zero-order valence-electron chi connectivity index (χ0n) is 11.1. The third-order valence-electron chi connectivity index (χ3n) is 3.42. The highest BCUT2D eigenvalue weighted by Crippen LogP contribution is 2.31. The Morgan fingerprint density at radius 1 is 1.42 bits per heavy atom. The standard InChI is InChI=1S/C15H18N2OS/c1-2-12-7-17-15(18-12)8-16-14-10-19-9-11-5-3-4-6-13(11)14/h3-7,14,16H,2,8-10H2,1H3. The van der Waals surface area contributed by atoms with Crippen LogP contribution in [0.4, 0.5) is 0 Å². The van der Waals surface area contributed by atoms with E-state index in [1.807, 2.05) is 18.0 Å². The highest BCUT2D eigenvalue weighted by Gasteiger charge is 2.19. The van der Waals surface area contributed by atoms with Crippen LogP contribution in [0.15, 0.2) is 34.9 Å². The topological polar surface area (TPSA) is 38.1 Å². The number of benzene rings is 1. The number of fused-ring (bicyclic) bond motifs is 1. The smallest absolute Gasteiger partial charge is 0.208 e. The van der Waals surface area contributed by atoms with Gasteiger partial charge in [-0.25, -0.2) is 4.98 Å². The normalized spacial score (nSPS) is 18.3. The van der Waals surface area contributed by atoms with E-state index in [0.29, 0.717) is 12.6 Å². The summed E-state index contributed by atoms with van der Waals surface area (Å²) in [6, 6.07) is 9.07. The fourth-order valence-corrected chi connectivity index (χ4v) is 3.49. The maximum Gasteiger partial charge on any atom is 0.208 e. The van der Waals surface area contributed by atoms with Crippen molar-refractivity contribution in [2.75, 3.05) is 5.75 Å². The fourth-order valence-electron chi connectivity index (χ4n) is 2.35. The summed E-state index contributed by atoms with van der Waals surface area (Å²) in [4.78, 5) is 4.29. The van der Waals surface area contributed by atoms with Crippen LogP contribution in [-0.2, 0) is 18.7 Å². The molecule has 0 saturated carbocycles. The van der Waals surface area contributed by atoms with E-state index in [9.17, 15) is 0 Å². The van der Waals surface area contributed by atoms with Crippen molar-refractivity contribution in [1.82, 2.24) is 10.3 Å². The molecule has 0 aliphatic carbocycles. The van der Waals surface area contributed by atoms with Crippen LogP contribution in [0.25, 0.3) is 0 Å². The van der Waals surface area contributed by atoms with Crippen LogP contribution in [-0.4, -0.2) is 10.7 Å². The highest BCUT2D eigenvalue weighted by atomic mass is 32.2. The van der Waals surface area contributed by atoms with Gasteiger partial charge in [-0.2, -0.15) is 11.8 Å². The molecule has 0 fully saturated rings. The molecule has 19 heavy (non-hydrogen) atoms. The Hall–Kier alpha value is -1.26. The summed E-state index contributed by atoms with van der Waals surface area (Å²) in [5, 5.41) is 3.55. The van der Waals surface area contributed by atoms with Gasteiger partial charge in [0.1, 0.15) is 5.76 Å². The molecule has 1 atom stereocenters. The monoisotopic (exact) mass is 274 g/mol. The van der Waals surface area contributed by atoms with Gasteiger partial charge in [-0.15, -0.1) is 0 Å². The van der Waals surface area contributed by atoms with Crippen molar-refractivity contribution < 1.29 is 4.42 Å². The highest BCUT2D eigenvalue weighted by molar-refractivity contribution is 7.98. The maximum atomic E-state index is 5.63. The average molecular weight is 274 g/mol. The Bertz CT molecular complexity index is 553. The molecule has 1 aliphatic heterocycles. The molecule has 100 valence electrons. The third kappa shape index (κ3) is 2.85. The number of aryl methyl sites for hydroxylation is 1.